The molecule has 106 valence electrons. The third-order valence-electron chi connectivity index (χ3n) is 2.45. The molecule has 8 heteroatoms. The molecule has 3 N–H and O–H groups in total. The Bertz CT molecular complexity index is 740. The number of benzene rings is 2. The summed E-state index contributed by atoms with van der Waals surface area (Å²) in [4.78, 5) is -0.664. The van der Waals surface area contributed by atoms with Gasteiger partial charge in [-0.1, -0.05) is 12.1 Å². The maximum atomic E-state index is 13.5. The topological polar surface area (TPSA) is 72.2 Å². The van der Waals surface area contributed by atoms with E-state index in [1.807, 2.05) is 0 Å². The van der Waals surface area contributed by atoms with Gasteiger partial charge in [0.25, 0.3) is 10.0 Å². The molecule has 4 nitrogen and oxygen atoms in total. The molecule has 0 saturated heterocycles. The Morgan fingerprint density at radius 3 is 2.25 bits per heavy atom. The number of hydrogen-bond donors (Lipinski definition) is 2. The number of hydrogen-bond acceptors (Lipinski definition) is 3. The van der Waals surface area contributed by atoms with E-state index >= 15 is 0 Å². The highest BCUT2D eigenvalue weighted by atomic mass is 32.2. The molecule has 0 heterocycles. The van der Waals surface area contributed by atoms with Crippen LogP contribution in [0.4, 0.5) is 24.5 Å². The van der Waals surface area contributed by atoms with E-state index in [2.05, 4.69) is 0 Å². The lowest BCUT2D eigenvalue weighted by Gasteiger charge is -2.11. The van der Waals surface area contributed by atoms with E-state index in [0.29, 0.717) is 6.07 Å². The largest absolute Gasteiger partial charge is 0.397 e. The zero-order chi connectivity index (χ0) is 14.9. The fourth-order valence-electron chi connectivity index (χ4n) is 1.55. The van der Waals surface area contributed by atoms with Gasteiger partial charge in [0.2, 0.25) is 0 Å². The summed E-state index contributed by atoms with van der Waals surface area (Å²) < 4.78 is 65.5. The van der Waals surface area contributed by atoms with Crippen molar-refractivity contribution in [2.24, 2.45) is 0 Å². The minimum Gasteiger partial charge on any atom is -0.397 e. The van der Waals surface area contributed by atoms with Crippen LogP contribution in [0.25, 0.3) is 0 Å². The predicted molar refractivity (Wildman–Crippen MR) is 68.0 cm³/mol. The van der Waals surface area contributed by atoms with Gasteiger partial charge in [-0.15, -0.1) is 0 Å². The van der Waals surface area contributed by atoms with Gasteiger partial charge in [-0.2, -0.15) is 0 Å². The van der Waals surface area contributed by atoms with Gasteiger partial charge in [0.15, 0.2) is 5.82 Å². The van der Waals surface area contributed by atoms with Crippen molar-refractivity contribution in [2.45, 2.75) is 4.90 Å². The molecule has 2 aromatic rings. The third kappa shape index (κ3) is 2.69. The first kappa shape index (κ1) is 14.2. The molecule has 0 aliphatic carbocycles. The Morgan fingerprint density at radius 1 is 1.00 bits per heavy atom. The third-order valence-corrected chi connectivity index (χ3v) is 3.83. The molecule has 0 saturated carbocycles. The van der Waals surface area contributed by atoms with Crippen molar-refractivity contribution in [3.05, 3.63) is 53.8 Å². The Morgan fingerprint density at radius 2 is 1.65 bits per heavy atom. The molecule has 2 aromatic carbocycles. The van der Waals surface area contributed by atoms with Crippen LogP contribution in [0, 0.1) is 17.5 Å². The highest BCUT2D eigenvalue weighted by Gasteiger charge is 2.21. The van der Waals surface area contributed by atoms with Gasteiger partial charge < -0.3 is 5.73 Å². The number of nitrogens with one attached hydrogen (secondary N) is 1. The number of halogens is 3. The van der Waals surface area contributed by atoms with Crippen molar-refractivity contribution in [2.75, 3.05) is 10.5 Å². The minimum absolute atomic E-state index is 0.442. The minimum atomic E-state index is -4.37. The summed E-state index contributed by atoms with van der Waals surface area (Å²) in [6, 6.07) is 5.79. The van der Waals surface area contributed by atoms with Crippen molar-refractivity contribution < 1.29 is 21.6 Å². The predicted octanol–water partition coefficient (Wildman–Crippen LogP) is 2.49. The standard InChI is InChI=1S/C12H9F3N2O2S/c13-7-5-9(15)12(10(16)6-7)17-20(18,19)11-4-2-1-3-8(11)14/h1-6,17H,16H2. The van der Waals surface area contributed by atoms with Crippen LogP contribution in [0.15, 0.2) is 41.3 Å². The molecule has 0 aromatic heterocycles. The van der Waals surface area contributed by atoms with Gasteiger partial charge in [0.05, 0.1) is 5.69 Å². The zero-order valence-electron chi connectivity index (χ0n) is 9.90. The highest BCUT2D eigenvalue weighted by Crippen LogP contribution is 2.27. The quantitative estimate of drug-likeness (QED) is 0.856. The number of rotatable bonds is 3. The van der Waals surface area contributed by atoms with Crippen LogP contribution in [-0.2, 0) is 10.0 Å². The molecule has 0 radical (unpaired) electrons. The average Bonchev–Trinajstić information content (AvgIpc) is 2.34. The normalized spacial score (nSPS) is 11.3. The molecular formula is C12H9F3N2O2S. The van der Waals surface area contributed by atoms with E-state index in [4.69, 9.17) is 5.73 Å². The summed E-state index contributed by atoms with van der Waals surface area (Å²) in [6.45, 7) is 0. The fraction of sp³-hybridized carbons (Fsp3) is 0. The molecule has 0 amide bonds. The van der Waals surface area contributed by atoms with Crippen LogP contribution in [0.5, 0.6) is 0 Å². The molecule has 0 fully saturated rings. The summed E-state index contributed by atoms with van der Waals surface area (Å²) in [6.07, 6.45) is 0. The lowest BCUT2D eigenvalue weighted by molar-refractivity contribution is 0.568. The van der Waals surface area contributed by atoms with E-state index in [1.54, 1.807) is 4.72 Å². The molecule has 0 atom stereocenters. The van der Waals surface area contributed by atoms with Gasteiger partial charge in [0.1, 0.15) is 22.2 Å². The van der Waals surface area contributed by atoms with E-state index < -0.39 is 43.7 Å². The molecular weight excluding hydrogens is 293 g/mol. The monoisotopic (exact) mass is 302 g/mol. The van der Waals surface area contributed by atoms with Crippen LogP contribution < -0.4 is 10.5 Å². The Hall–Kier alpha value is -2.22. The zero-order valence-corrected chi connectivity index (χ0v) is 10.7. The van der Waals surface area contributed by atoms with E-state index in [9.17, 15) is 21.6 Å². The van der Waals surface area contributed by atoms with Crippen molar-refractivity contribution in [1.82, 2.24) is 0 Å². The number of sulfonamides is 1. The van der Waals surface area contributed by atoms with Gasteiger partial charge in [-0.3, -0.25) is 4.72 Å². The summed E-state index contributed by atoms with van der Waals surface area (Å²) >= 11 is 0. The van der Waals surface area contributed by atoms with E-state index in [-0.39, 0.29) is 0 Å². The van der Waals surface area contributed by atoms with Gasteiger partial charge >= 0.3 is 0 Å². The highest BCUT2D eigenvalue weighted by molar-refractivity contribution is 7.92. The van der Waals surface area contributed by atoms with Crippen LogP contribution >= 0.6 is 0 Å². The summed E-state index contributed by atoms with van der Waals surface area (Å²) in [7, 11) is -4.37. The molecule has 20 heavy (non-hydrogen) atoms. The van der Waals surface area contributed by atoms with E-state index in [0.717, 1.165) is 18.2 Å². The smallest absolute Gasteiger partial charge is 0.264 e. The van der Waals surface area contributed by atoms with Crippen LogP contribution in [-0.4, -0.2) is 8.42 Å². The number of anilines is 2. The second kappa shape index (κ2) is 5.04. The van der Waals surface area contributed by atoms with Crippen molar-refractivity contribution in [1.29, 1.82) is 0 Å². The van der Waals surface area contributed by atoms with Crippen molar-refractivity contribution in [3.8, 4) is 0 Å². The fourth-order valence-corrected chi connectivity index (χ4v) is 2.73. The van der Waals surface area contributed by atoms with Crippen LogP contribution in [0.2, 0.25) is 0 Å². The van der Waals surface area contributed by atoms with E-state index in [1.165, 1.54) is 12.1 Å². The number of nitrogens with two attached hydrogens (primary N) is 1. The first-order valence-electron chi connectivity index (χ1n) is 5.33. The first-order valence-corrected chi connectivity index (χ1v) is 6.81. The summed E-state index contributed by atoms with van der Waals surface area (Å²) in [5.41, 5.74) is 4.27. The lowest BCUT2D eigenvalue weighted by atomic mass is 10.2. The molecule has 0 aliphatic rings. The van der Waals surface area contributed by atoms with Crippen molar-refractivity contribution in [3.63, 3.8) is 0 Å². The second-order valence-electron chi connectivity index (χ2n) is 3.89. The molecule has 0 bridgehead atoms. The van der Waals surface area contributed by atoms with Crippen LogP contribution in [0.3, 0.4) is 0 Å². The Kier molecular flexibility index (Phi) is 3.58. The summed E-state index contributed by atoms with van der Waals surface area (Å²) in [5.74, 6) is -3.14. The second-order valence-corrected chi connectivity index (χ2v) is 5.54. The molecule has 2 rings (SSSR count). The number of nitrogen functional groups attached to an aromatic ring is 1. The SMILES string of the molecule is Nc1cc(F)cc(F)c1NS(=O)(=O)c1ccccc1F. The Labute approximate surface area is 113 Å². The molecule has 0 unspecified atom stereocenters. The maximum absolute atomic E-state index is 13.5. The average molecular weight is 302 g/mol. The van der Waals surface area contributed by atoms with Gasteiger partial charge in [-0.05, 0) is 18.2 Å². The molecule has 0 aliphatic heterocycles. The lowest BCUT2D eigenvalue weighted by Crippen LogP contribution is -2.16. The first-order chi connectivity index (χ1) is 9.31. The van der Waals surface area contributed by atoms with Crippen molar-refractivity contribution >= 4 is 21.4 Å². The maximum Gasteiger partial charge on any atom is 0.264 e. The van der Waals surface area contributed by atoms with Gasteiger partial charge in [-0.25, -0.2) is 21.6 Å². The van der Waals surface area contributed by atoms with Gasteiger partial charge in [0, 0.05) is 6.07 Å². The van der Waals surface area contributed by atoms with Crippen LogP contribution in [0.1, 0.15) is 0 Å². The Balaban J connectivity index is 2.47. The summed E-state index contributed by atoms with van der Waals surface area (Å²) in [5, 5.41) is 0. The molecule has 0 spiro atoms.